The van der Waals surface area contributed by atoms with Crippen LogP contribution < -0.4 is 19.7 Å². The fourth-order valence-corrected chi connectivity index (χ4v) is 3.90. The number of ether oxygens (including phenoxy) is 2. The Kier molecular flexibility index (Phi) is 7.44. The fourth-order valence-electron chi connectivity index (χ4n) is 3.47. The maximum absolute atomic E-state index is 13.5. The van der Waals surface area contributed by atoms with Crippen LogP contribution in [0.3, 0.4) is 0 Å². The van der Waals surface area contributed by atoms with E-state index in [2.05, 4.69) is 21.2 Å². The van der Waals surface area contributed by atoms with Crippen LogP contribution in [0.25, 0.3) is 6.08 Å². The number of benzene rings is 3. The lowest BCUT2D eigenvalue weighted by Crippen LogP contribution is -2.54. The van der Waals surface area contributed by atoms with E-state index in [0.29, 0.717) is 33.7 Å². The molecule has 0 spiro atoms. The highest BCUT2D eigenvalue weighted by molar-refractivity contribution is 9.10. The van der Waals surface area contributed by atoms with Crippen LogP contribution in [0, 0.1) is 11.6 Å². The summed E-state index contributed by atoms with van der Waals surface area (Å²) in [5, 5.41) is 2.12. The monoisotopic (exact) mass is 556 g/mol. The zero-order valence-electron chi connectivity index (χ0n) is 18.9. The molecule has 0 atom stereocenters. The number of urea groups is 1. The molecular formula is C26H19BrF2N2O5. The van der Waals surface area contributed by atoms with Gasteiger partial charge in [0.05, 0.1) is 12.3 Å². The van der Waals surface area contributed by atoms with E-state index in [4.69, 9.17) is 9.47 Å². The molecule has 0 bridgehead atoms. The van der Waals surface area contributed by atoms with Crippen molar-refractivity contribution >= 4 is 45.5 Å². The number of carbonyl (C=O) groups excluding carboxylic acids is 3. The Morgan fingerprint density at radius 3 is 2.36 bits per heavy atom. The molecule has 4 rings (SSSR count). The molecule has 3 aromatic rings. The molecule has 1 saturated heterocycles. The average molecular weight is 557 g/mol. The molecule has 3 aromatic carbocycles. The van der Waals surface area contributed by atoms with Gasteiger partial charge in [-0.3, -0.25) is 14.9 Å². The number of anilines is 1. The summed E-state index contributed by atoms with van der Waals surface area (Å²) in [6.07, 6.45) is 1.31. The summed E-state index contributed by atoms with van der Waals surface area (Å²) < 4.78 is 38.8. The lowest BCUT2D eigenvalue weighted by molar-refractivity contribution is -0.122. The minimum absolute atomic E-state index is 0.0837. The second-order valence-electron chi connectivity index (χ2n) is 7.61. The van der Waals surface area contributed by atoms with E-state index in [0.717, 1.165) is 17.0 Å². The summed E-state index contributed by atoms with van der Waals surface area (Å²) in [4.78, 5) is 38.7. The molecular weight excluding hydrogens is 538 g/mol. The zero-order valence-corrected chi connectivity index (χ0v) is 20.5. The molecule has 1 heterocycles. The van der Waals surface area contributed by atoms with Crippen LogP contribution >= 0.6 is 15.9 Å². The van der Waals surface area contributed by atoms with Crippen molar-refractivity contribution in [1.29, 1.82) is 0 Å². The third-order valence-electron chi connectivity index (χ3n) is 5.13. The molecule has 4 amide bonds. The highest BCUT2D eigenvalue weighted by Gasteiger charge is 2.37. The van der Waals surface area contributed by atoms with Crippen LogP contribution in [0.5, 0.6) is 11.5 Å². The van der Waals surface area contributed by atoms with Crippen molar-refractivity contribution in [3.05, 3.63) is 93.5 Å². The number of imide groups is 2. The lowest BCUT2D eigenvalue weighted by atomic mass is 10.1. The Bertz CT molecular complexity index is 1380. The molecule has 1 fully saturated rings. The first-order chi connectivity index (χ1) is 17.3. The maximum Gasteiger partial charge on any atom is 0.335 e. The lowest BCUT2D eigenvalue weighted by Gasteiger charge is -2.26. The van der Waals surface area contributed by atoms with E-state index in [-0.39, 0.29) is 23.7 Å². The van der Waals surface area contributed by atoms with Gasteiger partial charge in [0, 0.05) is 4.47 Å². The molecule has 1 aliphatic rings. The van der Waals surface area contributed by atoms with Crippen LogP contribution in [-0.2, 0) is 16.2 Å². The quantitative estimate of drug-likeness (QED) is 0.312. The minimum Gasteiger partial charge on any atom is -0.490 e. The number of hydrogen-bond donors (Lipinski definition) is 1. The number of halogens is 3. The van der Waals surface area contributed by atoms with Gasteiger partial charge < -0.3 is 9.47 Å². The van der Waals surface area contributed by atoms with Crippen LogP contribution in [0.1, 0.15) is 18.1 Å². The van der Waals surface area contributed by atoms with Crippen molar-refractivity contribution in [3.63, 3.8) is 0 Å². The van der Waals surface area contributed by atoms with E-state index < -0.39 is 23.7 Å². The molecule has 7 nitrogen and oxygen atoms in total. The summed E-state index contributed by atoms with van der Waals surface area (Å²) in [7, 11) is 0. The predicted molar refractivity (Wildman–Crippen MR) is 131 cm³/mol. The first-order valence-corrected chi connectivity index (χ1v) is 11.6. The van der Waals surface area contributed by atoms with Crippen molar-refractivity contribution in [2.75, 3.05) is 11.5 Å². The zero-order chi connectivity index (χ0) is 25.8. The maximum atomic E-state index is 13.5. The van der Waals surface area contributed by atoms with Crippen LogP contribution in [-0.4, -0.2) is 24.5 Å². The van der Waals surface area contributed by atoms with E-state index in [1.807, 2.05) is 0 Å². The van der Waals surface area contributed by atoms with Gasteiger partial charge in [0.25, 0.3) is 11.8 Å². The van der Waals surface area contributed by atoms with E-state index in [1.54, 1.807) is 31.2 Å². The SMILES string of the molecule is CCOc1cc(/C=C2\C(=O)NC(=O)N(c3ccc(F)cc3)C2=O)c(Br)cc1OCc1cccc(F)c1. The second kappa shape index (κ2) is 10.7. The first kappa shape index (κ1) is 25.1. The molecule has 0 aromatic heterocycles. The molecule has 0 saturated carbocycles. The van der Waals surface area contributed by atoms with Crippen molar-refractivity contribution in [2.24, 2.45) is 0 Å². The van der Waals surface area contributed by atoms with Crippen LogP contribution in [0.15, 0.2) is 70.7 Å². The summed E-state index contributed by atoms with van der Waals surface area (Å²) in [5.74, 6) is -1.97. The number of hydrogen-bond acceptors (Lipinski definition) is 5. The highest BCUT2D eigenvalue weighted by Crippen LogP contribution is 2.36. The Labute approximate surface area is 213 Å². The molecule has 10 heteroatoms. The first-order valence-electron chi connectivity index (χ1n) is 10.8. The number of nitrogens with one attached hydrogen (secondary N) is 1. The van der Waals surface area contributed by atoms with E-state index in [9.17, 15) is 23.2 Å². The average Bonchev–Trinajstić information content (AvgIpc) is 2.83. The number of barbiturate groups is 1. The molecule has 1 N–H and O–H groups in total. The number of carbonyl (C=O) groups is 3. The van der Waals surface area contributed by atoms with E-state index in [1.165, 1.54) is 30.3 Å². The Hall–Kier alpha value is -4.05. The van der Waals surface area contributed by atoms with Crippen LogP contribution in [0.4, 0.5) is 19.3 Å². The Morgan fingerprint density at radius 1 is 0.944 bits per heavy atom. The van der Waals surface area contributed by atoms with Crippen LogP contribution in [0.2, 0.25) is 0 Å². The largest absolute Gasteiger partial charge is 0.490 e. The molecule has 36 heavy (non-hydrogen) atoms. The molecule has 0 aliphatic carbocycles. The molecule has 0 radical (unpaired) electrons. The van der Waals surface area contributed by atoms with Gasteiger partial charge in [-0.1, -0.05) is 28.1 Å². The van der Waals surface area contributed by atoms with Gasteiger partial charge in [-0.05, 0) is 72.7 Å². The van der Waals surface area contributed by atoms with Gasteiger partial charge in [0.15, 0.2) is 11.5 Å². The van der Waals surface area contributed by atoms with Gasteiger partial charge in [-0.25, -0.2) is 18.5 Å². The molecule has 0 unspecified atom stereocenters. The predicted octanol–water partition coefficient (Wildman–Crippen LogP) is 5.37. The summed E-state index contributed by atoms with van der Waals surface area (Å²) in [6.45, 7) is 2.17. The summed E-state index contributed by atoms with van der Waals surface area (Å²) in [5.41, 5.74) is 0.821. The van der Waals surface area contributed by atoms with Gasteiger partial charge in [0.1, 0.15) is 23.8 Å². The van der Waals surface area contributed by atoms with Crippen molar-refractivity contribution in [1.82, 2.24) is 5.32 Å². The Morgan fingerprint density at radius 2 is 1.67 bits per heavy atom. The number of rotatable bonds is 7. The van der Waals surface area contributed by atoms with Crippen molar-refractivity contribution < 1.29 is 32.6 Å². The van der Waals surface area contributed by atoms with Gasteiger partial charge in [-0.2, -0.15) is 0 Å². The molecule has 184 valence electrons. The van der Waals surface area contributed by atoms with E-state index >= 15 is 0 Å². The topological polar surface area (TPSA) is 84.9 Å². The Balaban J connectivity index is 1.66. The van der Waals surface area contributed by atoms with Gasteiger partial charge >= 0.3 is 6.03 Å². The third kappa shape index (κ3) is 5.44. The normalized spacial score (nSPS) is 14.7. The summed E-state index contributed by atoms with van der Waals surface area (Å²) in [6, 6.07) is 12.9. The number of amides is 4. The second-order valence-corrected chi connectivity index (χ2v) is 8.46. The van der Waals surface area contributed by atoms with Gasteiger partial charge in [-0.15, -0.1) is 0 Å². The third-order valence-corrected chi connectivity index (χ3v) is 5.82. The van der Waals surface area contributed by atoms with Crippen molar-refractivity contribution in [3.8, 4) is 11.5 Å². The van der Waals surface area contributed by atoms with Gasteiger partial charge in [0.2, 0.25) is 0 Å². The van der Waals surface area contributed by atoms with Crippen molar-refractivity contribution in [2.45, 2.75) is 13.5 Å². The summed E-state index contributed by atoms with van der Waals surface area (Å²) >= 11 is 3.41. The number of nitrogens with zero attached hydrogens (tertiary/aromatic N) is 1. The standard InChI is InChI=1S/C26H19BrF2N2O5/c1-2-35-22-12-16(21(27)13-23(22)36-14-15-4-3-5-18(29)10-15)11-20-24(32)30-26(34)31(25(20)33)19-8-6-17(28)7-9-19/h3-13H,2,14H2,1H3,(H,30,32,34)/b20-11+. The molecule has 1 aliphatic heterocycles. The highest BCUT2D eigenvalue weighted by atomic mass is 79.9. The minimum atomic E-state index is -0.941. The smallest absolute Gasteiger partial charge is 0.335 e. The fraction of sp³-hybridized carbons (Fsp3) is 0.115.